The highest BCUT2D eigenvalue weighted by Crippen LogP contribution is 2.13. The lowest BCUT2D eigenvalue weighted by molar-refractivity contribution is -0.119. The van der Waals surface area contributed by atoms with Crippen LogP contribution in [0.4, 0.5) is 0 Å². The maximum atomic E-state index is 10.9. The van der Waals surface area contributed by atoms with Crippen LogP contribution in [0.15, 0.2) is 30.3 Å². The highest BCUT2D eigenvalue weighted by atomic mass is 16.1. The number of benzene rings is 1. The summed E-state index contributed by atoms with van der Waals surface area (Å²) in [5.41, 5.74) is 12.1. The molecule has 1 aromatic rings. The molecule has 0 saturated carbocycles. The molecule has 1 fully saturated rings. The molecular weight excluding hydrogens is 252 g/mol. The van der Waals surface area contributed by atoms with E-state index in [0.29, 0.717) is 12.6 Å². The van der Waals surface area contributed by atoms with Crippen molar-refractivity contribution in [3.05, 3.63) is 35.9 Å². The molecule has 2 rings (SSSR count). The van der Waals surface area contributed by atoms with Crippen LogP contribution in [0.5, 0.6) is 0 Å². The van der Waals surface area contributed by atoms with Crippen molar-refractivity contribution in [1.29, 1.82) is 0 Å². The number of nitrogens with zero attached hydrogens (tertiary/aromatic N) is 1. The Morgan fingerprint density at radius 3 is 2.55 bits per heavy atom. The number of carbonyl (C=O) groups is 1. The normalized spacial score (nSPS) is 18.9. The lowest BCUT2D eigenvalue weighted by Gasteiger charge is -2.32. The van der Waals surface area contributed by atoms with Gasteiger partial charge in [0.25, 0.3) is 0 Å². The standard InChI is InChI=1S/C15H24N4O/c16-14(15(17)20)10-18-13-6-8-19(9-7-13)11-12-4-2-1-3-5-12/h1-5,13-14,18H,6-11,16H2,(H2,17,20). The van der Waals surface area contributed by atoms with E-state index in [1.54, 1.807) is 0 Å². The van der Waals surface area contributed by atoms with Crippen molar-refractivity contribution in [3.8, 4) is 0 Å². The van der Waals surface area contributed by atoms with E-state index >= 15 is 0 Å². The number of likely N-dealkylation sites (tertiary alicyclic amines) is 1. The van der Waals surface area contributed by atoms with Crippen molar-refractivity contribution in [2.24, 2.45) is 11.5 Å². The minimum atomic E-state index is -0.586. The van der Waals surface area contributed by atoms with Crippen LogP contribution in [0.25, 0.3) is 0 Å². The van der Waals surface area contributed by atoms with Gasteiger partial charge in [-0.1, -0.05) is 30.3 Å². The van der Waals surface area contributed by atoms with Gasteiger partial charge in [0.15, 0.2) is 0 Å². The maximum absolute atomic E-state index is 10.9. The summed E-state index contributed by atoms with van der Waals surface area (Å²) in [5.74, 6) is -0.445. The third-order valence-electron chi connectivity index (χ3n) is 3.83. The number of amides is 1. The van der Waals surface area contributed by atoms with E-state index < -0.39 is 11.9 Å². The predicted octanol–water partition coefficient (Wildman–Crippen LogP) is 0.0532. The fraction of sp³-hybridized carbons (Fsp3) is 0.533. The molecule has 0 aliphatic carbocycles. The Balaban J connectivity index is 1.69. The fourth-order valence-corrected chi connectivity index (χ4v) is 2.53. The molecule has 5 N–H and O–H groups in total. The van der Waals surface area contributed by atoms with Crippen molar-refractivity contribution in [2.45, 2.75) is 31.5 Å². The van der Waals surface area contributed by atoms with Gasteiger partial charge in [0.1, 0.15) is 0 Å². The second-order valence-corrected chi connectivity index (χ2v) is 5.45. The molecule has 110 valence electrons. The van der Waals surface area contributed by atoms with Crippen LogP contribution in [-0.2, 0) is 11.3 Å². The molecule has 20 heavy (non-hydrogen) atoms. The molecule has 1 aromatic carbocycles. The summed E-state index contributed by atoms with van der Waals surface area (Å²) in [6.07, 6.45) is 2.16. The first-order valence-corrected chi connectivity index (χ1v) is 7.19. The average Bonchev–Trinajstić information content (AvgIpc) is 2.47. The first kappa shape index (κ1) is 15.0. The molecule has 1 aliphatic heterocycles. The number of rotatable bonds is 6. The van der Waals surface area contributed by atoms with E-state index in [2.05, 4.69) is 34.5 Å². The highest BCUT2D eigenvalue weighted by Gasteiger charge is 2.20. The lowest BCUT2D eigenvalue weighted by Crippen LogP contribution is -2.49. The zero-order valence-electron chi connectivity index (χ0n) is 11.8. The van der Waals surface area contributed by atoms with Crippen LogP contribution in [0, 0.1) is 0 Å². The maximum Gasteiger partial charge on any atom is 0.235 e. The Labute approximate surface area is 120 Å². The molecule has 0 aromatic heterocycles. The summed E-state index contributed by atoms with van der Waals surface area (Å²) in [7, 11) is 0. The van der Waals surface area contributed by atoms with Crippen LogP contribution < -0.4 is 16.8 Å². The van der Waals surface area contributed by atoms with Gasteiger partial charge in [-0.25, -0.2) is 0 Å². The summed E-state index contributed by atoms with van der Waals surface area (Å²) in [4.78, 5) is 13.3. The van der Waals surface area contributed by atoms with E-state index in [1.807, 2.05) is 6.07 Å². The van der Waals surface area contributed by atoms with Crippen LogP contribution >= 0.6 is 0 Å². The Hall–Kier alpha value is -1.43. The highest BCUT2D eigenvalue weighted by molar-refractivity contribution is 5.79. The molecule has 1 atom stereocenters. The summed E-state index contributed by atoms with van der Waals surface area (Å²) in [5, 5.41) is 3.33. The quantitative estimate of drug-likeness (QED) is 0.685. The number of hydrogen-bond acceptors (Lipinski definition) is 4. The number of primary amides is 1. The summed E-state index contributed by atoms with van der Waals surface area (Å²) >= 11 is 0. The molecule has 1 amide bonds. The second-order valence-electron chi connectivity index (χ2n) is 5.45. The third-order valence-corrected chi connectivity index (χ3v) is 3.83. The number of carbonyl (C=O) groups excluding carboxylic acids is 1. The van der Waals surface area contributed by atoms with Crippen molar-refractivity contribution >= 4 is 5.91 Å². The number of nitrogens with two attached hydrogens (primary N) is 2. The molecule has 5 nitrogen and oxygen atoms in total. The van der Waals surface area contributed by atoms with Gasteiger partial charge in [0.2, 0.25) is 5.91 Å². The molecule has 1 aliphatic rings. The van der Waals surface area contributed by atoms with Crippen LogP contribution in [0.2, 0.25) is 0 Å². The molecule has 0 spiro atoms. The van der Waals surface area contributed by atoms with Crippen molar-refractivity contribution in [2.75, 3.05) is 19.6 Å². The van der Waals surface area contributed by atoms with Crippen molar-refractivity contribution in [1.82, 2.24) is 10.2 Å². The minimum Gasteiger partial charge on any atom is -0.368 e. The summed E-state index contributed by atoms with van der Waals surface area (Å²) in [6.45, 7) is 3.61. The topological polar surface area (TPSA) is 84.4 Å². The Kier molecular flexibility index (Phi) is 5.52. The summed E-state index contributed by atoms with van der Waals surface area (Å²) in [6, 6.07) is 10.4. The Morgan fingerprint density at radius 1 is 1.30 bits per heavy atom. The number of hydrogen-bond donors (Lipinski definition) is 3. The van der Waals surface area contributed by atoms with E-state index in [0.717, 1.165) is 32.5 Å². The van der Waals surface area contributed by atoms with E-state index in [1.165, 1.54) is 5.56 Å². The second kappa shape index (κ2) is 7.38. The Bertz CT molecular complexity index is 415. The number of piperidine rings is 1. The van der Waals surface area contributed by atoms with Gasteiger partial charge in [-0.05, 0) is 31.5 Å². The van der Waals surface area contributed by atoms with Gasteiger partial charge in [-0.15, -0.1) is 0 Å². The van der Waals surface area contributed by atoms with E-state index in [-0.39, 0.29) is 0 Å². The monoisotopic (exact) mass is 276 g/mol. The van der Waals surface area contributed by atoms with Crippen molar-refractivity contribution < 1.29 is 4.79 Å². The predicted molar refractivity (Wildman–Crippen MR) is 79.9 cm³/mol. The molecule has 0 radical (unpaired) electrons. The number of nitrogens with one attached hydrogen (secondary N) is 1. The van der Waals surface area contributed by atoms with Gasteiger partial charge in [-0.2, -0.15) is 0 Å². The van der Waals surface area contributed by atoms with E-state index in [4.69, 9.17) is 11.5 Å². The first-order chi connectivity index (χ1) is 9.65. The average molecular weight is 276 g/mol. The summed E-state index contributed by atoms with van der Waals surface area (Å²) < 4.78 is 0. The molecule has 5 heteroatoms. The zero-order valence-corrected chi connectivity index (χ0v) is 11.8. The van der Waals surface area contributed by atoms with Crippen LogP contribution in [0.3, 0.4) is 0 Å². The lowest BCUT2D eigenvalue weighted by atomic mass is 10.0. The minimum absolute atomic E-state index is 0.437. The smallest absolute Gasteiger partial charge is 0.235 e. The fourth-order valence-electron chi connectivity index (χ4n) is 2.53. The molecule has 0 bridgehead atoms. The van der Waals surface area contributed by atoms with Crippen molar-refractivity contribution in [3.63, 3.8) is 0 Å². The van der Waals surface area contributed by atoms with Gasteiger partial charge < -0.3 is 16.8 Å². The van der Waals surface area contributed by atoms with Gasteiger partial charge in [0, 0.05) is 19.1 Å². The third kappa shape index (κ3) is 4.59. The SMILES string of the molecule is NC(=O)C(N)CNC1CCN(Cc2ccccc2)CC1. The zero-order chi connectivity index (χ0) is 14.4. The molecular formula is C15H24N4O. The van der Waals surface area contributed by atoms with Gasteiger partial charge >= 0.3 is 0 Å². The van der Waals surface area contributed by atoms with E-state index in [9.17, 15) is 4.79 Å². The molecule has 1 unspecified atom stereocenters. The molecule has 1 heterocycles. The van der Waals surface area contributed by atoms with Crippen LogP contribution in [-0.4, -0.2) is 42.5 Å². The Morgan fingerprint density at radius 2 is 1.95 bits per heavy atom. The van der Waals surface area contributed by atoms with Crippen LogP contribution in [0.1, 0.15) is 18.4 Å². The largest absolute Gasteiger partial charge is 0.368 e. The molecule has 1 saturated heterocycles. The van der Waals surface area contributed by atoms with Gasteiger partial charge in [0.05, 0.1) is 6.04 Å². The first-order valence-electron chi connectivity index (χ1n) is 7.19. The van der Waals surface area contributed by atoms with Gasteiger partial charge in [-0.3, -0.25) is 9.69 Å².